The van der Waals surface area contributed by atoms with Gasteiger partial charge in [0.2, 0.25) is 0 Å². The van der Waals surface area contributed by atoms with Crippen molar-refractivity contribution in [2.75, 3.05) is 120 Å². The first-order valence-corrected chi connectivity index (χ1v) is 32.5. The number of hydrogen-bond acceptors (Lipinski definition) is 8. The van der Waals surface area contributed by atoms with E-state index >= 15 is 0 Å². The summed E-state index contributed by atoms with van der Waals surface area (Å²) < 4.78 is 36.2. The van der Waals surface area contributed by atoms with Gasteiger partial charge in [0.05, 0.1) is 66.1 Å². The molecule has 26 aromatic carbocycles. The molecule has 396 valence electrons. The molecule has 2 fully saturated rings. The maximum Gasteiger partial charge on any atom is 0.0701 e. The van der Waals surface area contributed by atoms with Gasteiger partial charge in [-0.1, -0.05) is 0 Å². The Labute approximate surface area is 479 Å². The Morgan fingerprint density at radius 3 is 0.663 bits per heavy atom. The van der Waals surface area contributed by atoms with E-state index in [1.807, 2.05) is 22.3 Å². The van der Waals surface area contributed by atoms with Crippen LogP contribution in [0, 0.1) is 0 Å². The predicted molar refractivity (Wildman–Crippen MR) is 349 cm³/mol. The van der Waals surface area contributed by atoms with Crippen molar-refractivity contribution in [1.29, 1.82) is 0 Å². The molecule has 0 aromatic heterocycles. The number of hydrogen-bond donors (Lipinski definition) is 0. The Hall–Kier alpha value is -7.60. The van der Waals surface area contributed by atoms with Gasteiger partial charge in [-0.05, 0) is 303 Å². The summed E-state index contributed by atoms with van der Waals surface area (Å²) in [4.78, 5) is 6.06. The molecule has 8 heteroatoms. The van der Waals surface area contributed by atoms with Gasteiger partial charge in [-0.2, -0.15) is 0 Å². The van der Waals surface area contributed by atoms with E-state index in [-0.39, 0.29) is 21.7 Å². The molecule has 4 spiro atoms. The van der Waals surface area contributed by atoms with Crippen LogP contribution in [0.1, 0.15) is 33.4 Å². The van der Waals surface area contributed by atoms with Crippen LogP contribution in [0.3, 0.4) is 0 Å². The molecule has 0 radical (unpaired) electrons. The quantitative estimate of drug-likeness (QED) is 0.0622. The van der Waals surface area contributed by atoms with E-state index in [1.165, 1.54) is 0 Å². The van der Waals surface area contributed by atoms with Crippen molar-refractivity contribution >= 4 is 269 Å². The molecule has 2 aliphatic heterocycles. The third kappa shape index (κ3) is 2.47. The molecule has 0 amide bonds. The number of nitrogens with zero attached hydrogens (tertiary/aromatic N) is 2. The van der Waals surface area contributed by atoms with Crippen molar-refractivity contribution in [2.45, 2.75) is 21.7 Å². The maximum absolute atomic E-state index is 6.75. The van der Waals surface area contributed by atoms with Gasteiger partial charge < -0.3 is 28.4 Å². The summed E-state index contributed by atoms with van der Waals surface area (Å²) >= 11 is 0. The predicted octanol–water partition coefficient (Wildman–Crippen LogP) is 15.2. The summed E-state index contributed by atoms with van der Waals surface area (Å²) in [6.45, 7) is 12.2. The van der Waals surface area contributed by atoms with Gasteiger partial charge in [0.1, 0.15) is 0 Å². The lowest BCUT2D eigenvalue weighted by Gasteiger charge is -2.64. The standard InChI is InChI=1S/C78H38N2O6/c1-81-7-9-85-13-11-83-5-3-79-15-75-69-60-53-45-36-28-21-19-20-22-24-23(21)30-34(28)47(53)55-49-38(30)39-31(24)35-29(22)37-33-26(20)27-25(19)32(36)41-43-40(27)44-42(33)52-46(37)54-48(35)56-50(39)59(49)68-71(64(55)60)77(75,17-79)78-18-80(4-6-84-12-14-86-10-8-82-2)16-76(78)70(61(54)65(56)72(68)78)63(52)67-58(44)57(43)66(62(69)51(41)45)73(75)74(67)76/h3-18H2,1-2H3. The van der Waals surface area contributed by atoms with Crippen LogP contribution in [0.5, 0.6) is 0 Å². The molecule has 4 unspecified atom stereocenters. The normalized spacial score (nSPS) is 25.6. The van der Waals surface area contributed by atoms with E-state index in [2.05, 4.69) is 9.80 Å². The summed E-state index contributed by atoms with van der Waals surface area (Å²) in [6.07, 6.45) is 0. The highest BCUT2D eigenvalue weighted by Gasteiger charge is 2.87. The highest BCUT2D eigenvalue weighted by molar-refractivity contribution is 6.80. The van der Waals surface area contributed by atoms with E-state index in [1.54, 1.807) is 295 Å². The lowest BCUT2D eigenvalue weighted by atomic mass is 9.35. The Morgan fingerprint density at radius 1 is 0.209 bits per heavy atom. The molecule has 8 aliphatic rings. The molecular weight excluding hydrogens is 1060 g/mol. The molecule has 0 N–H and O–H groups in total. The second-order valence-electron chi connectivity index (χ2n) is 30.5. The number of ether oxygens (including phenoxy) is 6. The first-order chi connectivity index (χ1) is 42.8. The lowest BCUT2D eigenvalue weighted by Crippen LogP contribution is -2.71. The zero-order chi connectivity index (χ0) is 53.0. The zero-order valence-corrected chi connectivity index (χ0v) is 46.7. The molecule has 0 saturated carbocycles. The minimum absolute atomic E-state index is 0.260. The van der Waals surface area contributed by atoms with Crippen LogP contribution >= 0.6 is 0 Å². The Bertz CT molecular complexity index is 7190. The van der Waals surface area contributed by atoms with Crippen molar-refractivity contribution in [2.24, 2.45) is 0 Å². The van der Waals surface area contributed by atoms with Crippen molar-refractivity contribution in [1.82, 2.24) is 9.80 Å². The van der Waals surface area contributed by atoms with Crippen LogP contribution in [0.15, 0.2) is 0 Å². The smallest absolute Gasteiger partial charge is 0.0701 e. The number of likely N-dealkylation sites (tertiary alicyclic amines) is 2. The molecule has 2 saturated heterocycles. The van der Waals surface area contributed by atoms with Gasteiger partial charge in [-0.15, -0.1) is 0 Å². The molecule has 2 heterocycles. The summed E-state index contributed by atoms with van der Waals surface area (Å²) in [6, 6.07) is 0. The van der Waals surface area contributed by atoms with Gasteiger partial charge in [0.15, 0.2) is 0 Å². The monoisotopic (exact) mass is 1100 g/mol. The van der Waals surface area contributed by atoms with Gasteiger partial charge >= 0.3 is 0 Å². The van der Waals surface area contributed by atoms with Crippen LogP contribution < -0.4 is 0 Å². The van der Waals surface area contributed by atoms with E-state index in [0.29, 0.717) is 66.1 Å². The van der Waals surface area contributed by atoms with Crippen molar-refractivity contribution in [3.05, 3.63) is 33.4 Å². The Balaban J connectivity index is 0.871. The summed E-state index contributed by atoms with van der Waals surface area (Å²) in [5.74, 6) is 0. The third-order valence-electron chi connectivity index (χ3n) is 29.6. The fourth-order valence-corrected chi connectivity index (χ4v) is 29.1. The van der Waals surface area contributed by atoms with Crippen LogP contribution in [0.2, 0.25) is 0 Å². The number of methoxy groups -OCH3 is 2. The molecule has 26 aromatic rings. The fraction of sp³-hybridized carbons (Fsp3) is 0.282. The topological polar surface area (TPSA) is 61.9 Å². The highest BCUT2D eigenvalue weighted by Crippen LogP contribution is 2.91. The van der Waals surface area contributed by atoms with Crippen LogP contribution in [-0.2, 0) is 50.1 Å². The fourth-order valence-electron chi connectivity index (χ4n) is 29.1. The van der Waals surface area contributed by atoms with E-state index in [9.17, 15) is 0 Å². The van der Waals surface area contributed by atoms with Crippen molar-refractivity contribution < 1.29 is 28.4 Å². The first-order valence-electron chi connectivity index (χ1n) is 32.5. The molecule has 6 aliphatic carbocycles. The van der Waals surface area contributed by atoms with E-state index in [4.69, 9.17) is 28.4 Å². The van der Waals surface area contributed by atoms with Crippen LogP contribution in [0.25, 0.3) is 269 Å². The molecule has 34 rings (SSSR count). The van der Waals surface area contributed by atoms with E-state index in [0.717, 1.165) is 39.3 Å². The Kier molecular flexibility index (Phi) is 4.49. The summed E-state index contributed by atoms with van der Waals surface area (Å²) in [7, 11) is 3.50. The SMILES string of the molecule is COCCOCCOCCN1CC23c4c5c6c7c8c9c%10c%11c%12c(c%13c%14c2c2c4c4c6c6c%15c7c7c9c9c%10c%10c%12c%12c%13c%13c%14c%14c2c2c4c6c4c6c2c%14c2c%13c%13c%12c%10c%10c9c9c7c%15c4c4c9c%10c%13c2c64)C3(C1)C%111CN(CCOCCOCCOC)CC581. The highest BCUT2D eigenvalue weighted by atomic mass is 16.5. The number of rotatable bonds is 18. The molecule has 8 nitrogen and oxygen atoms in total. The second kappa shape index (κ2) is 10.0. The summed E-state index contributed by atoms with van der Waals surface area (Å²) in [5, 5.41) is 83.6. The lowest BCUT2D eigenvalue weighted by molar-refractivity contribution is 0.0195. The zero-order valence-electron chi connectivity index (χ0n) is 46.7. The summed E-state index contributed by atoms with van der Waals surface area (Å²) in [5.41, 5.74) is 9.74. The molecule has 4 atom stereocenters. The average Bonchev–Trinajstić information content (AvgIpc) is 1.37. The van der Waals surface area contributed by atoms with Gasteiger partial charge in [-0.3, -0.25) is 9.80 Å². The van der Waals surface area contributed by atoms with Crippen LogP contribution in [-0.4, -0.2) is 129 Å². The largest absolute Gasteiger partial charge is 0.382 e. The minimum Gasteiger partial charge on any atom is -0.382 e. The molecule has 0 bridgehead atoms. The average molecular weight is 1100 g/mol. The second-order valence-corrected chi connectivity index (χ2v) is 30.5. The molecular formula is C78H38N2O6. The minimum atomic E-state index is -0.279. The van der Waals surface area contributed by atoms with Crippen molar-refractivity contribution in [3.63, 3.8) is 0 Å². The van der Waals surface area contributed by atoms with Gasteiger partial charge in [0, 0.05) is 75.1 Å². The molecule has 86 heavy (non-hydrogen) atoms. The van der Waals surface area contributed by atoms with Gasteiger partial charge in [-0.25, -0.2) is 0 Å². The maximum atomic E-state index is 6.75. The van der Waals surface area contributed by atoms with Gasteiger partial charge in [0.25, 0.3) is 0 Å². The number of benzene rings is 17. The van der Waals surface area contributed by atoms with Crippen molar-refractivity contribution in [3.8, 4) is 0 Å². The van der Waals surface area contributed by atoms with Crippen LogP contribution in [0.4, 0.5) is 0 Å². The Morgan fingerprint density at radius 2 is 0.407 bits per heavy atom. The third-order valence-corrected chi connectivity index (χ3v) is 29.6. The van der Waals surface area contributed by atoms with E-state index < -0.39 is 0 Å². The first kappa shape index (κ1) is 38.5.